The zero-order valence-corrected chi connectivity index (χ0v) is 12.6. The number of nitrogens with zero attached hydrogens (tertiary/aromatic N) is 5. The van der Waals surface area contributed by atoms with Crippen LogP contribution in [0, 0.1) is 0 Å². The maximum absolute atomic E-state index is 12.1. The summed E-state index contributed by atoms with van der Waals surface area (Å²) in [5, 5.41) is 1.87. The molecule has 0 spiro atoms. The molecular formula is C14H20N6O2. The molecule has 0 aliphatic carbocycles. The van der Waals surface area contributed by atoms with Crippen LogP contribution in [-0.2, 0) is 0 Å². The highest BCUT2D eigenvalue weighted by Crippen LogP contribution is 2.19. The highest BCUT2D eigenvalue weighted by atomic mass is 16.2. The van der Waals surface area contributed by atoms with Crippen molar-refractivity contribution < 1.29 is 9.59 Å². The van der Waals surface area contributed by atoms with Crippen molar-refractivity contribution in [2.75, 3.05) is 33.2 Å². The Morgan fingerprint density at radius 1 is 1.32 bits per heavy atom. The summed E-state index contributed by atoms with van der Waals surface area (Å²) in [7, 11) is 1.82. The molecule has 2 saturated heterocycles. The minimum Gasteiger partial charge on any atom is -0.326 e. The van der Waals surface area contributed by atoms with Crippen LogP contribution in [0.4, 0.5) is 4.79 Å². The van der Waals surface area contributed by atoms with Crippen molar-refractivity contribution in [1.29, 1.82) is 0 Å². The molecular weight excluding hydrogens is 284 g/mol. The quantitative estimate of drug-likeness (QED) is 0.847. The molecule has 3 amide bonds. The minimum absolute atomic E-state index is 0.0760. The molecule has 3 rings (SSSR count). The third-order valence-corrected chi connectivity index (χ3v) is 4.14. The van der Waals surface area contributed by atoms with E-state index in [1.165, 1.54) is 18.6 Å². The van der Waals surface area contributed by atoms with Gasteiger partial charge in [-0.15, -0.1) is 0 Å². The average molecular weight is 304 g/mol. The number of nitrogens with one attached hydrogen (secondary N) is 1. The summed E-state index contributed by atoms with van der Waals surface area (Å²) in [6.45, 7) is 2.94. The van der Waals surface area contributed by atoms with Crippen LogP contribution in [0.3, 0.4) is 0 Å². The molecule has 22 heavy (non-hydrogen) atoms. The van der Waals surface area contributed by atoms with Gasteiger partial charge < -0.3 is 9.80 Å². The Kier molecular flexibility index (Phi) is 4.19. The van der Waals surface area contributed by atoms with Crippen LogP contribution in [-0.4, -0.2) is 76.0 Å². The maximum atomic E-state index is 12.1. The van der Waals surface area contributed by atoms with E-state index >= 15 is 0 Å². The van der Waals surface area contributed by atoms with Crippen molar-refractivity contribution in [2.24, 2.45) is 0 Å². The first-order valence-electron chi connectivity index (χ1n) is 7.49. The van der Waals surface area contributed by atoms with E-state index in [0.717, 1.165) is 32.5 Å². The molecule has 1 aromatic rings. The molecule has 0 radical (unpaired) electrons. The Morgan fingerprint density at radius 2 is 2.18 bits per heavy atom. The molecule has 0 aromatic carbocycles. The van der Waals surface area contributed by atoms with Crippen LogP contribution in [0.15, 0.2) is 18.6 Å². The molecule has 1 unspecified atom stereocenters. The highest BCUT2D eigenvalue weighted by molar-refractivity contribution is 5.91. The normalized spacial score (nSPS) is 23.0. The molecule has 1 atom stereocenters. The van der Waals surface area contributed by atoms with Crippen molar-refractivity contribution in [3.05, 3.63) is 24.3 Å². The molecule has 8 heteroatoms. The monoisotopic (exact) mass is 304 g/mol. The van der Waals surface area contributed by atoms with Crippen molar-refractivity contribution in [1.82, 2.24) is 30.2 Å². The van der Waals surface area contributed by atoms with Gasteiger partial charge in [-0.3, -0.25) is 15.2 Å². The second-order valence-electron chi connectivity index (χ2n) is 5.67. The van der Waals surface area contributed by atoms with E-state index in [-0.39, 0.29) is 18.0 Å². The standard InChI is InChI=1S/C14H20N6O2/c1-18-7-8-20(14(18)22)11-3-2-6-19(10-11)17-13(21)12-9-15-4-5-16-12/h4-5,9,11H,2-3,6-8,10H2,1H3,(H,17,21). The number of amides is 3. The fraction of sp³-hybridized carbons (Fsp3) is 0.571. The van der Waals surface area contributed by atoms with Gasteiger partial charge in [0, 0.05) is 51.7 Å². The van der Waals surface area contributed by atoms with Gasteiger partial charge in [0.05, 0.1) is 6.20 Å². The lowest BCUT2D eigenvalue weighted by molar-refractivity contribution is 0.0612. The Labute approximate surface area is 129 Å². The second-order valence-corrected chi connectivity index (χ2v) is 5.67. The van der Waals surface area contributed by atoms with Crippen LogP contribution in [0.1, 0.15) is 23.3 Å². The number of carbonyl (C=O) groups excluding carboxylic acids is 2. The first-order chi connectivity index (χ1) is 10.6. The molecule has 3 heterocycles. The number of carbonyl (C=O) groups is 2. The summed E-state index contributed by atoms with van der Waals surface area (Å²) >= 11 is 0. The number of urea groups is 1. The fourth-order valence-corrected chi connectivity index (χ4v) is 2.93. The van der Waals surface area contributed by atoms with Crippen LogP contribution < -0.4 is 5.43 Å². The van der Waals surface area contributed by atoms with Crippen molar-refractivity contribution >= 4 is 11.9 Å². The minimum atomic E-state index is -0.265. The molecule has 0 saturated carbocycles. The number of piperidine rings is 1. The smallest absolute Gasteiger partial charge is 0.320 e. The largest absolute Gasteiger partial charge is 0.326 e. The van der Waals surface area contributed by atoms with E-state index in [0.29, 0.717) is 12.2 Å². The van der Waals surface area contributed by atoms with E-state index in [2.05, 4.69) is 15.4 Å². The van der Waals surface area contributed by atoms with Gasteiger partial charge in [-0.25, -0.2) is 14.8 Å². The van der Waals surface area contributed by atoms with Crippen molar-refractivity contribution in [3.8, 4) is 0 Å². The number of likely N-dealkylation sites (N-methyl/N-ethyl adjacent to an activating group) is 1. The lowest BCUT2D eigenvalue weighted by atomic mass is 10.1. The number of rotatable bonds is 3. The van der Waals surface area contributed by atoms with Crippen LogP contribution in [0.5, 0.6) is 0 Å². The Balaban J connectivity index is 1.59. The van der Waals surface area contributed by atoms with E-state index in [1.54, 1.807) is 4.90 Å². The lowest BCUT2D eigenvalue weighted by Crippen LogP contribution is -2.54. The third kappa shape index (κ3) is 3.01. The molecule has 118 valence electrons. The molecule has 0 bridgehead atoms. The summed E-state index contributed by atoms with van der Waals surface area (Å²) in [6.07, 6.45) is 6.38. The van der Waals surface area contributed by atoms with Crippen LogP contribution in [0.2, 0.25) is 0 Å². The van der Waals surface area contributed by atoms with Crippen molar-refractivity contribution in [2.45, 2.75) is 18.9 Å². The third-order valence-electron chi connectivity index (χ3n) is 4.14. The van der Waals surface area contributed by atoms with E-state index < -0.39 is 0 Å². The molecule has 1 aromatic heterocycles. The molecule has 1 N–H and O–H groups in total. The second kappa shape index (κ2) is 6.27. The maximum Gasteiger partial charge on any atom is 0.320 e. The zero-order valence-electron chi connectivity index (χ0n) is 12.6. The fourth-order valence-electron chi connectivity index (χ4n) is 2.93. The topological polar surface area (TPSA) is 81.7 Å². The first kappa shape index (κ1) is 14.7. The zero-order chi connectivity index (χ0) is 15.5. The number of aromatic nitrogens is 2. The Morgan fingerprint density at radius 3 is 2.86 bits per heavy atom. The molecule has 2 fully saturated rings. The Hall–Kier alpha value is -2.22. The summed E-state index contributed by atoms with van der Waals surface area (Å²) in [6, 6.07) is 0.223. The number of hydrogen-bond acceptors (Lipinski definition) is 5. The number of hydrazine groups is 1. The summed E-state index contributed by atoms with van der Waals surface area (Å²) in [5.41, 5.74) is 3.15. The Bertz CT molecular complexity index is 552. The van der Waals surface area contributed by atoms with Gasteiger partial charge in [0.15, 0.2) is 0 Å². The van der Waals surface area contributed by atoms with Gasteiger partial charge >= 0.3 is 6.03 Å². The van der Waals surface area contributed by atoms with Gasteiger partial charge in [-0.1, -0.05) is 0 Å². The van der Waals surface area contributed by atoms with Gasteiger partial charge in [-0.05, 0) is 12.8 Å². The molecule has 2 aliphatic heterocycles. The molecule has 8 nitrogen and oxygen atoms in total. The molecule has 2 aliphatic rings. The van der Waals surface area contributed by atoms with Crippen LogP contribution >= 0.6 is 0 Å². The predicted molar refractivity (Wildman–Crippen MR) is 78.8 cm³/mol. The van der Waals surface area contributed by atoms with Crippen LogP contribution in [0.25, 0.3) is 0 Å². The van der Waals surface area contributed by atoms with Gasteiger partial charge in [0.1, 0.15) is 5.69 Å². The van der Waals surface area contributed by atoms with Gasteiger partial charge in [-0.2, -0.15) is 0 Å². The van der Waals surface area contributed by atoms with Gasteiger partial charge in [0.25, 0.3) is 5.91 Å². The average Bonchev–Trinajstić information content (AvgIpc) is 2.88. The van der Waals surface area contributed by atoms with Crippen molar-refractivity contribution in [3.63, 3.8) is 0 Å². The number of hydrogen-bond donors (Lipinski definition) is 1. The SMILES string of the molecule is CN1CCN(C2CCCN(NC(=O)c3cnccn3)C2)C1=O. The highest BCUT2D eigenvalue weighted by Gasteiger charge is 2.34. The predicted octanol–water partition coefficient (Wildman–Crippen LogP) is -0.0468. The lowest BCUT2D eigenvalue weighted by Gasteiger charge is -2.37. The summed E-state index contributed by atoms with van der Waals surface area (Å²) in [4.78, 5) is 35.7. The van der Waals surface area contributed by atoms with Gasteiger partial charge in [0.2, 0.25) is 0 Å². The van der Waals surface area contributed by atoms with E-state index in [1.807, 2.05) is 17.0 Å². The summed E-state index contributed by atoms with van der Waals surface area (Å²) < 4.78 is 0. The summed E-state index contributed by atoms with van der Waals surface area (Å²) in [5.74, 6) is -0.265. The van der Waals surface area contributed by atoms with E-state index in [9.17, 15) is 9.59 Å². The van der Waals surface area contributed by atoms with E-state index in [4.69, 9.17) is 0 Å². The first-order valence-corrected chi connectivity index (χ1v) is 7.49.